The van der Waals surface area contributed by atoms with Gasteiger partial charge in [0.1, 0.15) is 6.04 Å². The van der Waals surface area contributed by atoms with Crippen molar-refractivity contribution >= 4 is 17.7 Å². The summed E-state index contributed by atoms with van der Waals surface area (Å²) in [6.45, 7) is 8.36. The van der Waals surface area contributed by atoms with Gasteiger partial charge in [0.15, 0.2) is 0 Å². The Bertz CT molecular complexity index is 449. The first kappa shape index (κ1) is 16.3. The Labute approximate surface area is 131 Å². The van der Waals surface area contributed by atoms with Gasteiger partial charge in [0.25, 0.3) is 0 Å². The van der Waals surface area contributed by atoms with Crippen LogP contribution in [0.3, 0.4) is 0 Å². The molecule has 1 aliphatic rings. The van der Waals surface area contributed by atoms with Crippen LogP contribution in [0, 0.1) is 6.92 Å². The molecule has 0 spiro atoms. The fourth-order valence-electron chi connectivity index (χ4n) is 2.48. The Hall–Kier alpha value is -1.04. The van der Waals surface area contributed by atoms with Crippen LogP contribution < -0.4 is 10.6 Å². The SMILES string of the molecule is CCNC(=O)C1CNCCN1CCSc1ccc(C)cc1. The minimum absolute atomic E-state index is 0.0303. The second kappa shape index (κ2) is 8.41. The van der Waals surface area contributed by atoms with Crippen molar-refractivity contribution in [3.63, 3.8) is 0 Å². The predicted molar refractivity (Wildman–Crippen MR) is 88.8 cm³/mol. The Morgan fingerprint density at radius 1 is 1.43 bits per heavy atom. The second-order valence-corrected chi connectivity index (χ2v) is 6.48. The van der Waals surface area contributed by atoms with Crippen molar-refractivity contribution in [3.05, 3.63) is 29.8 Å². The maximum atomic E-state index is 12.1. The molecule has 1 saturated heterocycles. The molecule has 1 heterocycles. The molecule has 1 aliphatic heterocycles. The number of carbonyl (C=O) groups is 1. The van der Waals surface area contributed by atoms with Gasteiger partial charge in [-0.2, -0.15) is 0 Å². The lowest BCUT2D eigenvalue weighted by Crippen LogP contribution is -2.58. The molecule has 116 valence electrons. The highest BCUT2D eigenvalue weighted by atomic mass is 32.2. The average molecular weight is 307 g/mol. The Morgan fingerprint density at radius 2 is 2.19 bits per heavy atom. The van der Waals surface area contributed by atoms with Gasteiger partial charge in [0.05, 0.1) is 0 Å². The molecule has 0 aromatic heterocycles. The number of thioether (sulfide) groups is 1. The molecule has 0 saturated carbocycles. The number of rotatable bonds is 6. The third kappa shape index (κ3) is 5.02. The van der Waals surface area contributed by atoms with Crippen LogP contribution in [-0.2, 0) is 4.79 Å². The number of piperazine rings is 1. The minimum Gasteiger partial charge on any atom is -0.355 e. The summed E-state index contributed by atoms with van der Waals surface area (Å²) in [6.07, 6.45) is 0. The maximum Gasteiger partial charge on any atom is 0.238 e. The summed E-state index contributed by atoms with van der Waals surface area (Å²) in [6, 6.07) is 8.59. The zero-order valence-electron chi connectivity index (χ0n) is 12.9. The van der Waals surface area contributed by atoms with Gasteiger partial charge in [0, 0.05) is 43.4 Å². The fourth-order valence-corrected chi connectivity index (χ4v) is 3.37. The van der Waals surface area contributed by atoms with Gasteiger partial charge in [-0.3, -0.25) is 9.69 Å². The van der Waals surface area contributed by atoms with Gasteiger partial charge in [-0.1, -0.05) is 17.7 Å². The molecule has 0 radical (unpaired) electrons. The van der Waals surface area contributed by atoms with Crippen LogP contribution in [0.15, 0.2) is 29.2 Å². The van der Waals surface area contributed by atoms with E-state index in [0.29, 0.717) is 6.54 Å². The van der Waals surface area contributed by atoms with Crippen molar-refractivity contribution in [2.45, 2.75) is 24.8 Å². The van der Waals surface area contributed by atoms with E-state index in [-0.39, 0.29) is 11.9 Å². The van der Waals surface area contributed by atoms with E-state index >= 15 is 0 Å². The van der Waals surface area contributed by atoms with Gasteiger partial charge in [-0.05, 0) is 26.0 Å². The molecular formula is C16H25N3OS. The fraction of sp³-hybridized carbons (Fsp3) is 0.562. The molecule has 21 heavy (non-hydrogen) atoms. The van der Waals surface area contributed by atoms with Gasteiger partial charge in [-0.15, -0.1) is 11.8 Å². The van der Waals surface area contributed by atoms with Crippen molar-refractivity contribution in [1.82, 2.24) is 15.5 Å². The largest absolute Gasteiger partial charge is 0.355 e. The Kier molecular flexibility index (Phi) is 6.54. The van der Waals surface area contributed by atoms with Crippen molar-refractivity contribution in [3.8, 4) is 0 Å². The number of nitrogens with zero attached hydrogens (tertiary/aromatic N) is 1. The molecule has 1 atom stereocenters. The third-order valence-corrected chi connectivity index (χ3v) is 4.67. The topological polar surface area (TPSA) is 44.4 Å². The van der Waals surface area contributed by atoms with E-state index in [1.54, 1.807) is 0 Å². The highest BCUT2D eigenvalue weighted by Gasteiger charge is 2.27. The molecule has 1 fully saturated rings. The first-order valence-electron chi connectivity index (χ1n) is 7.62. The van der Waals surface area contributed by atoms with Gasteiger partial charge in [-0.25, -0.2) is 0 Å². The number of carbonyl (C=O) groups excluding carboxylic acids is 1. The van der Waals surface area contributed by atoms with E-state index in [9.17, 15) is 4.79 Å². The normalized spacial score (nSPS) is 19.4. The van der Waals surface area contributed by atoms with Crippen molar-refractivity contribution in [2.24, 2.45) is 0 Å². The minimum atomic E-state index is -0.0303. The zero-order chi connectivity index (χ0) is 15.1. The first-order valence-corrected chi connectivity index (χ1v) is 8.61. The smallest absolute Gasteiger partial charge is 0.238 e. The highest BCUT2D eigenvalue weighted by molar-refractivity contribution is 7.99. The molecule has 1 unspecified atom stereocenters. The lowest BCUT2D eigenvalue weighted by atomic mass is 10.2. The number of nitrogens with one attached hydrogen (secondary N) is 2. The summed E-state index contributed by atoms with van der Waals surface area (Å²) in [5.74, 6) is 1.16. The molecule has 1 aromatic carbocycles. The summed E-state index contributed by atoms with van der Waals surface area (Å²) >= 11 is 1.86. The van der Waals surface area contributed by atoms with Crippen LogP contribution in [0.5, 0.6) is 0 Å². The van der Waals surface area contributed by atoms with Crippen LogP contribution in [0.1, 0.15) is 12.5 Å². The number of hydrogen-bond acceptors (Lipinski definition) is 4. The van der Waals surface area contributed by atoms with E-state index in [4.69, 9.17) is 0 Å². The zero-order valence-corrected chi connectivity index (χ0v) is 13.7. The van der Waals surface area contributed by atoms with Gasteiger partial charge < -0.3 is 10.6 Å². The third-order valence-electron chi connectivity index (χ3n) is 3.68. The Balaban J connectivity index is 1.82. The summed E-state index contributed by atoms with van der Waals surface area (Å²) in [5.41, 5.74) is 1.29. The Morgan fingerprint density at radius 3 is 2.90 bits per heavy atom. The standard InChI is InChI=1S/C16H25N3OS/c1-3-18-16(20)15-12-17-8-9-19(15)10-11-21-14-6-4-13(2)5-7-14/h4-7,15,17H,3,8-12H2,1-2H3,(H,18,20). The molecule has 2 N–H and O–H groups in total. The molecule has 1 aromatic rings. The van der Waals surface area contributed by atoms with Crippen LogP contribution in [0.25, 0.3) is 0 Å². The van der Waals surface area contributed by atoms with E-state index in [2.05, 4.69) is 46.7 Å². The number of hydrogen-bond donors (Lipinski definition) is 2. The maximum absolute atomic E-state index is 12.1. The molecule has 0 aliphatic carbocycles. The number of likely N-dealkylation sites (N-methyl/N-ethyl adjacent to an activating group) is 1. The highest BCUT2D eigenvalue weighted by Crippen LogP contribution is 2.18. The monoisotopic (exact) mass is 307 g/mol. The van der Waals surface area contributed by atoms with Gasteiger partial charge >= 0.3 is 0 Å². The summed E-state index contributed by atoms with van der Waals surface area (Å²) < 4.78 is 0. The number of amides is 1. The van der Waals surface area contributed by atoms with Crippen molar-refractivity contribution < 1.29 is 4.79 Å². The first-order chi connectivity index (χ1) is 10.2. The van der Waals surface area contributed by atoms with E-state index in [1.807, 2.05) is 18.7 Å². The van der Waals surface area contributed by atoms with Crippen molar-refractivity contribution in [2.75, 3.05) is 38.5 Å². The van der Waals surface area contributed by atoms with Gasteiger partial charge in [0.2, 0.25) is 5.91 Å². The van der Waals surface area contributed by atoms with E-state index < -0.39 is 0 Å². The van der Waals surface area contributed by atoms with Crippen LogP contribution >= 0.6 is 11.8 Å². The van der Waals surface area contributed by atoms with E-state index in [1.165, 1.54) is 10.5 Å². The lowest BCUT2D eigenvalue weighted by molar-refractivity contribution is -0.126. The molecule has 5 heteroatoms. The van der Waals surface area contributed by atoms with E-state index in [0.717, 1.165) is 31.9 Å². The molecule has 2 rings (SSSR count). The summed E-state index contributed by atoms with van der Waals surface area (Å²) in [4.78, 5) is 15.7. The number of benzene rings is 1. The van der Waals surface area contributed by atoms with Crippen LogP contribution in [-0.4, -0.2) is 55.3 Å². The van der Waals surface area contributed by atoms with Crippen LogP contribution in [0.4, 0.5) is 0 Å². The lowest BCUT2D eigenvalue weighted by Gasteiger charge is -2.34. The summed E-state index contributed by atoms with van der Waals surface area (Å²) in [5, 5.41) is 6.24. The summed E-state index contributed by atoms with van der Waals surface area (Å²) in [7, 11) is 0. The quantitative estimate of drug-likeness (QED) is 0.782. The molecule has 0 bridgehead atoms. The average Bonchev–Trinajstić information content (AvgIpc) is 2.50. The molecule has 1 amide bonds. The van der Waals surface area contributed by atoms with Crippen molar-refractivity contribution in [1.29, 1.82) is 0 Å². The molecular weight excluding hydrogens is 282 g/mol. The second-order valence-electron chi connectivity index (χ2n) is 5.31. The molecule has 4 nitrogen and oxygen atoms in total. The van der Waals surface area contributed by atoms with Crippen LogP contribution in [0.2, 0.25) is 0 Å². The predicted octanol–water partition coefficient (Wildman–Crippen LogP) is 1.50. The number of aryl methyl sites for hydroxylation is 1.